The van der Waals surface area contributed by atoms with Crippen molar-refractivity contribution in [2.24, 2.45) is 0 Å². The van der Waals surface area contributed by atoms with Crippen LogP contribution < -0.4 is 10.2 Å². The van der Waals surface area contributed by atoms with Gasteiger partial charge in [-0.1, -0.05) is 28.1 Å². The molecule has 6 nitrogen and oxygen atoms in total. The zero-order valence-corrected chi connectivity index (χ0v) is 17.8. The molecule has 2 aromatic carbocycles. The molecule has 0 aliphatic carbocycles. The lowest BCUT2D eigenvalue weighted by molar-refractivity contribution is 0.102. The van der Waals surface area contributed by atoms with Crippen LogP contribution in [-0.4, -0.2) is 54.2 Å². The number of nitrogens with zero attached hydrogens (tertiary/aromatic N) is 4. The summed E-state index contributed by atoms with van der Waals surface area (Å²) in [6.07, 6.45) is 0. The molecular weight excluding hydrogens is 430 g/mol. The minimum absolute atomic E-state index is 0.147. The van der Waals surface area contributed by atoms with Crippen molar-refractivity contribution < 1.29 is 4.79 Å². The van der Waals surface area contributed by atoms with Crippen LogP contribution in [-0.2, 0) is 0 Å². The van der Waals surface area contributed by atoms with Crippen molar-refractivity contribution in [3.63, 3.8) is 0 Å². The number of amides is 1. The summed E-state index contributed by atoms with van der Waals surface area (Å²) in [5, 5.41) is 11.8. The molecule has 1 saturated heterocycles. The number of halogens is 1. The van der Waals surface area contributed by atoms with Crippen molar-refractivity contribution in [3.05, 3.63) is 70.7 Å². The Morgan fingerprint density at radius 1 is 0.966 bits per heavy atom. The van der Waals surface area contributed by atoms with Gasteiger partial charge in [0.15, 0.2) is 5.82 Å². The Hall–Kier alpha value is -2.77. The van der Waals surface area contributed by atoms with Crippen LogP contribution in [0.4, 0.5) is 11.5 Å². The van der Waals surface area contributed by atoms with Crippen LogP contribution in [0.5, 0.6) is 0 Å². The van der Waals surface area contributed by atoms with Crippen molar-refractivity contribution in [1.82, 2.24) is 15.1 Å². The van der Waals surface area contributed by atoms with Crippen molar-refractivity contribution in [3.8, 4) is 11.3 Å². The average molecular weight is 452 g/mol. The van der Waals surface area contributed by atoms with Gasteiger partial charge >= 0.3 is 0 Å². The molecule has 1 aromatic heterocycles. The Balaban J connectivity index is 1.47. The molecule has 0 unspecified atom stereocenters. The normalized spacial score (nSPS) is 14.6. The lowest BCUT2D eigenvalue weighted by Gasteiger charge is -2.32. The SMILES string of the molecule is CN1CCN(c2ccc(-c3cccc(NC(=O)c4ccc(Br)cc4)c3)nn2)CC1. The van der Waals surface area contributed by atoms with E-state index >= 15 is 0 Å². The molecule has 29 heavy (non-hydrogen) atoms. The summed E-state index contributed by atoms with van der Waals surface area (Å²) in [5.41, 5.74) is 3.02. The van der Waals surface area contributed by atoms with Gasteiger partial charge in [-0.25, -0.2) is 0 Å². The standard InChI is InChI=1S/C22H22BrN5O/c1-27-11-13-28(14-12-27)21-10-9-20(25-26-21)17-3-2-4-19(15-17)24-22(29)16-5-7-18(23)8-6-16/h2-10,15H,11-14H2,1H3,(H,24,29). The van der Waals surface area contributed by atoms with E-state index in [1.165, 1.54) is 0 Å². The second-order valence-electron chi connectivity index (χ2n) is 7.11. The summed E-state index contributed by atoms with van der Waals surface area (Å²) in [6, 6.07) is 18.9. The molecule has 148 valence electrons. The van der Waals surface area contributed by atoms with Crippen molar-refractivity contribution in [2.75, 3.05) is 43.4 Å². The molecule has 2 heterocycles. The molecular formula is C22H22BrN5O. The third kappa shape index (κ3) is 4.81. The fraction of sp³-hybridized carbons (Fsp3) is 0.227. The van der Waals surface area contributed by atoms with E-state index < -0.39 is 0 Å². The van der Waals surface area contributed by atoms with Crippen LogP contribution in [0.25, 0.3) is 11.3 Å². The number of piperazine rings is 1. The second-order valence-corrected chi connectivity index (χ2v) is 8.02. The summed E-state index contributed by atoms with van der Waals surface area (Å²) in [6.45, 7) is 3.98. The maximum atomic E-state index is 12.5. The van der Waals surface area contributed by atoms with Gasteiger partial charge in [0.1, 0.15) is 0 Å². The first-order valence-corrected chi connectivity index (χ1v) is 10.3. The summed E-state index contributed by atoms with van der Waals surface area (Å²) in [7, 11) is 2.13. The van der Waals surface area contributed by atoms with E-state index in [0.717, 1.165) is 53.4 Å². The van der Waals surface area contributed by atoms with E-state index in [4.69, 9.17) is 0 Å². The van der Waals surface area contributed by atoms with Gasteiger partial charge in [0.05, 0.1) is 5.69 Å². The van der Waals surface area contributed by atoms with Crippen LogP contribution in [0.1, 0.15) is 10.4 Å². The van der Waals surface area contributed by atoms with Crippen LogP contribution in [0.2, 0.25) is 0 Å². The number of nitrogens with one attached hydrogen (secondary N) is 1. The Kier molecular flexibility index (Phi) is 5.87. The average Bonchev–Trinajstić information content (AvgIpc) is 2.75. The zero-order valence-electron chi connectivity index (χ0n) is 16.2. The minimum Gasteiger partial charge on any atom is -0.353 e. The number of anilines is 2. The zero-order chi connectivity index (χ0) is 20.2. The number of carbonyl (C=O) groups is 1. The predicted molar refractivity (Wildman–Crippen MR) is 119 cm³/mol. The number of carbonyl (C=O) groups excluding carboxylic acids is 1. The summed E-state index contributed by atoms with van der Waals surface area (Å²) >= 11 is 3.38. The van der Waals surface area contributed by atoms with Gasteiger partial charge in [-0.3, -0.25) is 4.79 Å². The molecule has 0 spiro atoms. The van der Waals surface area contributed by atoms with Crippen LogP contribution in [0, 0.1) is 0 Å². The Morgan fingerprint density at radius 2 is 1.72 bits per heavy atom. The van der Waals surface area contributed by atoms with E-state index in [0.29, 0.717) is 5.56 Å². The van der Waals surface area contributed by atoms with Gasteiger partial charge in [-0.2, -0.15) is 0 Å². The quantitative estimate of drug-likeness (QED) is 0.651. The van der Waals surface area contributed by atoms with Crippen LogP contribution in [0.3, 0.4) is 0 Å². The maximum Gasteiger partial charge on any atom is 0.255 e. The van der Waals surface area contributed by atoms with E-state index in [-0.39, 0.29) is 5.91 Å². The highest BCUT2D eigenvalue weighted by Crippen LogP contribution is 2.23. The topological polar surface area (TPSA) is 61.4 Å². The summed E-state index contributed by atoms with van der Waals surface area (Å²) in [5.74, 6) is 0.757. The van der Waals surface area contributed by atoms with E-state index in [1.54, 1.807) is 12.1 Å². The number of aromatic nitrogens is 2. The number of likely N-dealkylation sites (N-methyl/N-ethyl adjacent to an activating group) is 1. The molecule has 7 heteroatoms. The van der Waals surface area contributed by atoms with Gasteiger partial charge in [-0.15, -0.1) is 10.2 Å². The maximum absolute atomic E-state index is 12.5. The summed E-state index contributed by atoms with van der Waals surface area (Å²) < 4.78 is 0.939. The molecule has 3 aromatic rings. The molecule has 0 saturated carbocycles. The number of rotatable bonds is 4. The predicted octanol–water partition coefficient (Wildman–Crippen LogP) is 3.91. The molecule has 1 aliphatic heterocycles. The van der Waals surface area contributed by atoms with Gasteiger partial charge in [0, 0.05) is 47.5 Å². The van der Waals surface area contributed by atoms with Crippen molar-refractivity contribution in [1.29, 1.82) is 0 Å². The third-order valence-electron chi connectivity index (χ3n) is 5.00. The van der Waals surface area contributed by atoms with Crippen molar-refractivity contribution >= 4 is 33.3 Å². The minimum atomic E-state index is -0.147. The fourth-order valence-corrected chi connectivity index (χ4v) is 3.51. The first-order chi connectivity index (χ1) is 14.1. The number of hydrogen-bond donors (Lipinski definition) is 1. The Morgan fingerprint density at radius 3 is 2.41 bits per heavy atom. The van der Waals surface area contributed by atoms with E-state index in [2.05, 4.69) is 48.3 Å². The van der Waals surface area contributed by atoms with E-state index in [9.17, 15) is 4.79 Å². The van der Waals surface area contributed by atoms with Gasteiger partial charge in [0.2, 0.25) is 0 Å². The fourth-order valence-electron chi connectivity index (χ4n) is 3.24. The van der Waals surface area contributed by atoms with Crippen LogP contribution in [0.15, 0.2) is 65.1 Å². The molecule has 1 aliphatic rings. The van der Waals surface area contributed by atoms with Crippen molar-refractivity contribution in [2.45, 2.75) is 0 Å². The monoisotopic (exact) mass is 451 g/mol. The lowest BCUT2D eigenvalue weighted by Crippen LogP contribution is -2.44. The molecule has 0 bridgehead atoms. The largest absolute Gasteiger partial charge is 0.353 e. The smallest absolute Gasteiger partial charge is 0.255 e. The van der Waals surface area contributed by atoms with Gasteiger partial charge in [0.25, 0.3) is 5.91 Å². The summed E-state index contributed by atoms with van der Waals surface area (Å²) in [4.78, 5) is 17.0. The molecule has 1 amide bonds. The van der Waals surface area contributed by atoms with Gasteiger partial charge in [-0.05, 0) is 55.6 Å². The molecule has 1 fully saturated rings. The third-order valence-corrected chi connectivity index (χ3v) is 5.53. The van der Waals surface area contributed by atoms with E-state index in [1.807, 2.05) is 48.5 Å². The first-order valence-electron chi connectivity index (χ1n) is 9.53. The number of benzene rings is 2. The van der Waals surface area contributed by atoms with Gasteiger partial charge < -0.3 is 15.1 Å². The second kappa shape index (κ2) is 8.71. The molecule has 4 rings (SSSR count). The highest BCUT2D eigenvalue weighted by Gasteiger charge is 2.16. The highest BCUT2D eigenvalue weighted by atomic mass is 79.9. The highest BCUT2D eigenvalue weighted by molar-refractivity contribution is 9.10. The Labute approximate surface area is 178 Å². The molecule has 0 atom stereocenters. The molecule has 0 radical (unpaired) electrons. The first kappa shape index (κ1) is 19.5. The van der Waals surface area contributed by atoms with Crippen LogP contribution >= 0.6 is 15.9 Å². The lowest BCUT2D eigenvalue weighted by atomic mass is 10.1. The molecule has 1 N–H and O–H groups in total. The Bertz CT molecular complexity index is 983. The number of hydrogen-bond acceptors (Lipinski definition) is 5.